The molecule has 0 aliphatic heterocycles. The van der Waals surface area contributed by atoms with Crippen LogP contribution in [0.1, 0.15) is 57.6 Å². The highest BCUT2D eigenvalue weighted by molar-refractivity contribution is 8.00. The minimum absolute atomic E-state index is 0.0619. The van der Waals surface area contributed by atoms with Gasteiger partial charge in [0.15, 0.2) is 5.69 Å². The average molecular weight is 459 g/mol. The summed E-state index contributed by atoms with van der Waals surface area (Å²) in [5, 5.41) is 0. The number of fused-ring (bicyclic) bond motifs is 1. The molecule has 0 bridgehead atoms. The number of aromatic amines is 1. The van der Waals surface area contributed by atoms with Gasteiger partial charge in [-0.1, -0.05) is 33.3 Å². The third-order valence-corrected chi connectivity index (χ3v) is 6.86. The Kier molecular flexibility index (Phi) is 8.23. The monoisotopic (exact) mass is 458 g/mol. The number of benzene rings is 1. The van der Waals surface area contributed by atoms with Gasteiger partial charge in [-0.3, -0.25) is 19.1 Å². The summed E-state index contributed by atoms with van der Waals surface area (Å²) < 4.78 is 1.36. The SMILES string of the molecule is CCCCn1c(N)c(N(CCC(C)C)C(=O)CSc2ccc3c(c2)CCC3)c(=O)[nH]c1=O. The van der Waals surface area contributed by atoms with Crippen LogP contribution >= 0.6 is 11.8 Å². The topological polar surface area (TPSA) is 101 Å². The largest absolute Gasteiger partial charge is 0.383 e. The number of nitrogens with zero attached hydrogens (tertiary/aromatic N) is 2. The van der Waals surface area contributed by atoms with Crippen LogP contribution in [0.25, 0.3) is 0 Å². The number of carbonyl (C=O) groups is 1. The number of hydrogen-bond donors (Lipinski definition) is 2. The number of rotatable bonds is 10. The van der Waals surface area contributed by atoms with Gasteiger partial charge >= 0.3 is 5.69 Å². The van der Waals surface area contributed by atoms with Crippen LogP contribution in [0.4, 0.5) is 11.5 Å². The molecule has 1 aliphatic carbocycles. The molecule has 0 atom stereocenters. The van der Waals surface area contributed by atoms with Crippen molar-refractivity contribution in [2.75, 3.05) is 22.9 Å². The second kappa shape index (κ2) is 10.9. The molecule has 1 aromatic heterocycles. The Morgan fingerprint density at radius 2 is 2.00 bits per heavy atom. The lowest BCUT2D eigenvalue weighted by Gasteiger charge is -2.25. The summed E-state index contributed by atoms with van der Waals surface area (Å²) in [7, 11) is 0. The number of amides is 1. The quantitative estimate of drug-likeness (QED) is 0.530. The van der Waals surface area contributed by atoms with Gasteiger partial charge in [0.05, 0.1) is 5.75 Å². The number of unbranched alkanes of at least 4 members (excludes halogenated alkanes) is 1. The summed E-state index contributed by atoms with van der Waals surface area (Å²) >= 11 is 1.47. The van der Waals surface area contributed by atoms with Gasteiger partial charge in [-0.2, -0.15) is 0 Å². The molecule has 3 rings (SSSR count). The number of nitrogens with one attached hydrogen (secondary N) is 1. The minimum Gasteiger partial charge on any atom is -0.383 e. The molecular weight excluding hydrogens is 424 g/mol. The van der Waals surface area contributed by atoms with Crippen molar-refractivity contribution in [3.63, 3.8) is 0 Å². The number of anilines is 2. The highest BCUT2D eigenvalue weighted by Gasteiger charge is 2.24. The van der Waals surface area contributed by atoms with Gasteiger partial charge < -0.3 is 10.6 Å². The molecule has 1 amide bonds. The van der Waals surface area contributed by atoms with E-state index in [2.05, 4.69) is 37.0 Å². The normalized spacial score (nSPS) is 12.9. The smallest absolute Gasteiger partial charge is 0.330 e. The van der Waals surface area contributed by atoms with Crippen molar-refractivity contribution in [2.45, 2.75) is 70.7 Å². The molecule has 0 saturated heterocycles. The van der Waals surface area contributed by atoms with E-state index in [1.807, 2.05) is 6.92 Å². The molecule has 1 heterocycles. The minimum atomic E-state index is -0.611. The Hall–Kier alpha value is -2.48. The third-order valence-electron chi connectivity index (χ3n) is 5.88. The van der Waals surface area contributed by atoms with Gasteiger partial charge in [0.25, 0.3) is 5.56 Å². The first-order valence-electron chi connectivity index (χ1n) is 11.5. The van der Waals surface area contributed by atoms with Crippen LogP contribution in [0.5, 0.6) is 0 Å². The van der Waals surface area contributed by atoms with Crippen LogP contribution in [0, 0.1) is 5.92 Å². The fourth-order valence-corrected chi connectivity index (χ4v) is 4.82. The molecule has 7 nitrogen and oxygen atoms in total. The molecule has 32 heavy (non-hydrogen) atoms. The Balaban J connectivity index is 1.86. The van der Waals surface area contributed by atoms with Gasteiger partial charge in [-0.25, -0.2) is 4.79 Å². The Morgan fingerprint density at radius 1 is 1.25 bits per heavy atom. The van der Waals surface area contributed by atoms with Crippen molar-refractivity contribution >= 4 is 29.2 Å². The number of thioether (sulfide) groups is 1. The van der Waals surface area contributed by atoms with Crippen molar-refractivity contribution in [3.05, 3.63) is 50.2 Å². The predicted molar refractivity (Wildman–Crippen MR) is 132 cm³/mol. The molecule has 2 aromatic rings. The highest BCUT2D eigenvalue weighted by Crippen LogP contribution is 2.28. The van der Waals surface area contributed by atoms with E-state index in [-0.39, 0.29) is 23.2 Å². The third kappa shape index (κ3) is 5.65. The molecule has 1 aliphatic rings. The van der Waals surface area contributed by atoms with E-state index in [1.54, 1.807) is 0 Å². The first-order valence-corrected chi connectivity index (χ1v) is 12.5. The van der Waals surface area contributed by atoms with Crippen molar-refractivity contribution in [2.24, 2.45) is 5.92 Å². The van der Waals surface area contributed by atoms with Crippen molar-refractivity contribution in [3.8, 4) is 0 Å². The van der Waals surface area contributed by atoms with Crippen LogP contribution in [-0.2, 0) is 24.2 Å². The number of H-pyrrole nitrogens is 1. The Labute approximate surface area is 193 Å². The lowest BCUT2D eigenvalue weighted by Crippen LogP contribution is -2.42. The van der Waals surface area contributed by atoms with Crippen LogP contribution in [0.3, 0.4) is 0 Å². The Bertz CT molecular complexity index is 1070. The number of nitrogen functional groups attached to an aromatic ring is 1. The van der Waals surface area contributed by atoms with E-state index >= 15 is 0 Å². The fraction of sp³-hybridized carbons (Fsp3) is 0.542. The molecule has 0 spiro atoms. The van der Waals surface area contributed by atoms with E-state index in [1.165, 1.54) is 38.8 Å². The van der Waals surface area contributed by atoms with E-state index in [9.17, 15) is 14.4 Å². The molecule has 0 fully saturated rings. The van der Waals surface area contributed by atoms with Crippen LogP contribution < -0.4 is 21.9 Å². The number of aryl methyl sites for hydroxylation is 2. The van der Waals surface area contributed by atoms with Gasteiger partial charge in [0, 0.05) is 18.0 Å². The van der Waals surface area contributed by atoms with Crippen molar-refractivity contribution < 1.29 is 4.79 Å². The fourth-order valence-electron chi connectivity index (χ4n) is 3.99. The van der Waals surface area contributed by atoms with Crippen LogP contribution in [-0.4, -0.2) is 27.8 Å². The van der Waals surface area contributed by atoms with Crippen LogP contribution in [0.15, 0.2) is 32.7 Å². The van der Waals surface area contributed by atoms with Gasteiger partial charge in [0.1, 0.15) is 5.82 Å². The maximum Gasteiger partial charge on any atom is 0.330 e. The Morgan fingerprint density at radius 3 is 2.72 bits per heavy atom. The van der Waals surface area contributed by atoms with E-state index in [0.717, 1.165) is 37.0 Å². The standard InChI is InChI=1S/C24H34N4O3S/c1-4-5-12-28-22(25)21(23(30)26-24(28)31)27(13-11-16(2)3)20(29)15-32-19-10-9-17-7-6-8-18(17)14-19/h9-10,14,16H,4-8,11-13,15,25H2,1-3H3,(H,26,30,31). The number of aromatic nitrogens is 2. The highest BCUT2D eigenvalue weighted by atomic mass is 32.2. The maximum atomic E-state index is 13.3. The summed E-state index contributed by atoms with van der Waals surface area (Å²) in [6.45, 7) is 6.93. The summed E-state index contributed by atoms with van der Waals surface area (Å²) in [6.07, 6.45) is 5.75. The van der Waals surface area contributed by atoms with E-state index in [4.69, 9.17) is 5.73 Å². The van der Waals surface area contributed by atoms with Crippen LogP contribution in [0.2, 0.25) is 0 Å². The number of hydrogen-bond acceptors (Lipinski definition) is 5. The average Bonchev–Trinajstić information content (AvgIpc) is 3.21. The van der Waals surface area contributed by atoms with Gasteiger partial charge in [-0.15, -0.1) is 11.8 Å². The van der Waals surface area contributed by atoms with Crippen molar-refractivity contribution in [1.82, 2.24) is 9.55 Å². The first-order chi connectivity index (χ1) is 15.3. The lowest BCUT2D eigenvalue weighted by molar-refractivity contribution is -0.116. The lowest BCUT2D eigenvalue weighted by atomic mass is 10.1. The molecule has 174 valence electrons. The second-order valence-electron chi connectivity index (χ2n) is 8.80. The number of nitrogens with two attached hydrogens (primary N) is 1. The van der Waals surface area contributed by atoms with Gasteiger partial charge in [-0.05, 0) is 61.3 Å². The molecule has 0 saturated carbocycles. The molecular formula is C24H34N4O3S. The van der Waals surface area contributed by atoms with E-state index < -0.39 is 11.2 Å². The molecule has 0 radical (unpaired) electrons. The maximum absolute atomic E-state index is 13.3. The zero-order valence-corrected chi connectivity index (χ0v) is 20.1. The summed E-state index contributed by atoms with van der Waals surface area (Å²) in [4.78, 5) is 43.2. The number of carbonyl (C=O) groups excluding carboxylic acids is 1. The molecule has 1 aromatic carbocycles. The van der Waals surface area contributed by atoms with Gasteiger partial charge in [0.2, 0.25) is 5.91 Å². The summed E-state index contributed by atoms with van der Waals surface area (Å²) in [6, 6.07) is 6.38. The molecule has 0 unspecified atom stereocenters. The molecule has 8 heteroatoms. The zero-order chi connectivity index (χ0) is 23.3. The summed E-state index contributed by atoms with van der Waals surface area (Å²) in [5.41, 5.74) is 7.98. The predicted octanol–water partition coefficient (Wildman–Crippen LogP) is 3.58. The summed E-state index contributed by atoms with van der Waals surface area (Å²) in [5.74, 6) is 0.422. The van der Waals surface area contributed by atoms with Crippen molar-refractivity contribution in [1.29, 1.82) is 0 Å². The molecule has 3 N–H and O–H groups in total. The zero-order valence-electron chi connectivity index (χ0n) is 19.3. The second-order valence-corrected chi connectivity index (χ2v) is 9.85. The first kappa shape index (κ1) is 24.2. The van der Waals surface area contributed by atoms with E-state index in [0.29, 0.717) is 19.0 Å².